The normalized spacial score (nSPS) is 17.2. The number of nitrogens with zero attached hydrogens (tertiary/aromatic N) is 2. The van der Waals surface area contributed by atoms with Crippen molar-refractivity contribution in [2.75, 3.05) is 12.4 Å². The number of amides is 1. The number of halogens is 1. The van der Waals surface area contributed by atoms with Crippen molar-refractivity contribution in [3.05, 3.63) is 11.2 Å². The molecule has 0 saturated heterocycles. The first kappa shape index (κ1) is 14.0. The summed E-state index contributed by atoms with van der Waals surface area (Å²) in [5.41, 5.74) is 5.75. The predicted molar refractivity (Wildman–Crippen MR) is 72.2 cm³/mol. The number of aromatic nitrogens is 2. The number of nitrogens with one attached hydrogen (secondary N) is 1. The fraction of sp³-hybridized carbons (Fsp3) is 0.583. The van der Waals surface area contributed by atoms with Gasteiger partial charge in [-0.1, -0.05) is 24.4 Å². The summed E-state index contributed by atoms with van der Waals surface area (Å²) < 4.78 is 4.96. The molecule has 6 nitrogen and oxygen atoms in total. The summed E-state index contributed by atoms with van der Waals surface area (Å²) in [5, 5.41) is 2.82. The van der Waals surface area contributed by atoms with Crippen LogP contribution >= 0.6 is 11.6 Å². The molecule has 2 rings (SSSR count). The molecule has 0 unspecified atom stereocenters. The summed E-state index contributed by atoms with van der Waals surface area (Å²) in [5.74, 6) is 0.239. The van der Waals surface area contributed by atoms with E-state index in [9.17, 15) is 4.79 Å². The van der Waals surface area contributed by atoms with Gasteiger partial charge in [0.05, 0.1) is 7.11 Å². The maximum Gasteiger partial charge on any atom is 0.234 e. The summed E-state index contributed by atoms with van der Waals surface area (Å²) in [7, 11) is 1.47. The Morgan fingerprint density at radius 1 is 1.53 bits per heavy atom. The van der Waals surface area contributed by atoms with E-state index < -0.39 is 5.54 Å². The van der Waals surface area contributed by atoms with Crippen molar-refractivity contribution >= 4 is 23.5 Å². The Morgan fingerprint density at radius 3 is 2.84 bits per heavy atom. The highest BCUT2D eigenvalue weighted by molar-refractivity contribution is 6.29. The van der Waals surface area contributed by atoms with Gasteiger partial charge in [0, 0.05) is 18.0 Å². The highest BCUT2D eigenvalue weighted by Crippen LogP contribution is 2.30. The van der Waals surface area contributed by atoms with E-state index in [0.29, 0.717) is 5.88 Å². The topological polar surface area (TPSA) is 90.1 Å². The van der Waals surface area contributed by atoms with E-state index in [2.05, 4.69) is 15.3 Å². The van der Waals surface area contributed by atoms with Crippen molar-refractivity contribution in [2.24, 2.45) is 5.73 Å². The van der Waals surface area contributed by atoms with Crippen molar-refractivity contribution < 1.29 is 9.53 Å². The number of carbonyl (C=O) groups excluding carboxylic acids is 1. The van der Waals surface area contributed by atoms with Crippen LogP contribution < -0.4 is 15.8 Å². The van der Waals surface area contributed by atoms with Crippen LogP contribution in [0.5, 0.6) is 5.88 Å². The van der Waals surface area contributed by atoms with Gasteiger partial charge in [0.15, 0.2) is 0 Å². The number of anilines is 1. The molecule has 0 atom stereocenters. The molecular formula is C12H17ClN4O2. The van der Waals surface area contributed by atoms with Crippen molar-refractivity contribution in [1.29, 1.82) is 0 Å². The monoisotopic (exact) mass is 284 g/mol. The van der Waals surface area contributed by atoms with Crippen LogP contribution in [0, 0.1) is 0 Å². The van der Waals surface area contributed by atoms with Gasteiger partial charge in [-0.05, 0) is 12.8 Å². The van der Waals surface area contributed by atoms with E-state index >= 15 is 0 Å². The molecule has 0 radical (unpaired) electrons. The quantitative estimate of drug-likeness (QED) is 0.822. The average Bonchev–Trinajstić information content (AvgIpc) is 2.74. The molecule has 0 bridgehead atoms. The second kappa shape index (κ2) is 5.71. The van der Waals surface area contributed by atoms with Gasteiger partial charge in [-0.2, -0.15) is 4.98 Å². The second-order valence-electron chi connectivity index (χ2n) is 4.85. The van der Waals surface area contributed by atoms with Gasteiger partial charge in [-0.25, -0.2) is 4.98 Å². The Kier molecular flexibility index (Phi) is 4.21. The predicted octanol–water partition coefficient (Wildman–Crippen LogP) is 1.74. The Morgan fingerprint density at radius 2 is 2.21 bits per heavy atom. The van der Waals surface area contributed by atoms with E-state index in [1.165, 1.54) is 13.2 Å². The van der Waals surface area contributed by atoms with Gasteiger partial charge in [-0.15, -0.1) is 0 Å². The maximum atomic E-state index is 11.9. The molecule has 1 heterocycles. The Labute approximate surface area is 116 Å². The number of nitrogens with two attached hydrogens (primary N) is 1. The minimum absolute atomic E-state index is 0.135. The fourth-order valence-corrected chi connectivity index (χ4v) is 2.48. The average molecular weight is 285 g/mol. The van der Waals surface area contributed by atoms with Gasteiger partial charge in [0.2, 0.25) is 17.7 Å². The molecule has 1 aliphatic carbocycles. The minimum atomic E-state index is -0.396. The Bertz CT molecular complexity index is 475. The summed E-state index contributed by atoms with van der Waals surface area (Å²) in [6, 6.07) is 1.47. The van der Waals surface area contributed by atoms with Crippen LogP contribution in [0.25, 0.3) is 0 Å². The molecule has 1 fully saturated rings. The number of hydrogen-bond acceptors (Lipinski definition) is 5. The van der Waals surface area contributed by atoms with Crippen molar-refractivity contribution in [3.8, 4) is 5.88 Å². The molecule has 0 aromatic carbocycles. The molecule has 1 aromatic rings. The van der Waals surface area contributed by atoms with E-state index in [-0.39, 0.29) is 23.4 Å². The molecule has 0 spiro atoms. The smallest absolute Gasteiger partial charge is 0.234 e. The van der Waals surface area contributed by atoms with Gasteiger partial charge < -0.3 is 10.5 Å². The highest BCUT2D eigenvalue weighted by Gasteiger charge is 2.31. The molecule has 19 heavy (non-hydrogen) atoms. The van der Waals surface area contributed by atoms with Crippen molar-refractivity contribution in [2.45, 2.75) is 37.6 Å². The lowest BCUT2D eigenvalue weighted by Crippen LogP contribution is -2.40. The molecule has 7 heteroatoms. The van der Waals surface area contributed by atoms with Gasteiger partial charge in [-0.3, -0.25) is 10.1 Å². The number of hydrogen-bond donors (Lipinski definition) is 2. The second-order valence-corrected chi connectivity index (χ2v) is 5.24. The Hall–Kier alpha value is -1.40. The molecular weight excluding hydrogens is 268 g/mol. The molecule has 1 aromatic heterocycles. The largest absolute Gasteiger partial charge is 0.481 e. The fourth-order valence-electron chi connectivity index (χ4n) is 2.30. The molecule has 0 aliphatic heterocycles. The highest BCUT2D eigenvalue weighted by atomic mass is 35.5. The van der Waals surface area contributed by atoms with E-state index in [4.69, 9.17) is 22.1 Å². The van der Waals surface area contributed by atoms with E-state index in [0.717, 1.165) is 25.7 Å². The standard InChI is InChI=1S/C12H17ClN4O2/c1-19-10-6-8(13)15-11(17-10)16-9(18)7-12(14)4-2-3-5-12/h6H,2-5,7,14H2,1H3,(H,15,16,17,18). The van der Waals surface area contributed by atoms with Crippen LogP contribution in [0.15, 0.2) is 6.07 Å². The van der Waals surface area contributed by atoms with Gasteiger partial charge >= 0.3 is 0 Å². The van der Waals surface area contributed by atoms with Gasteiger partial charge in [0.1, 0.15) is 5.15 Å². The summed E-state index contributed by atoms with van der Waals surface area (Å²) >= 11 is 5.80. The minimum Gasteiger partial charge on any atom is -0.481 e. The number of rotatable bonds is 4. The van der Waals surface area contributed by atoms with E-state index in [1.54, 1.807) is 0 Å². The third-order valence-electron chi connectivity index (χ3n) is 3.24. The molecule has 104 valence electrons. The van der Waals surface area contributed by atoms with E-state index in [1.807, 2.05) is 0 Å². The van der Waals surface area contributed by atoms with Crippen LogP contribution in [0.1, 0.15) is 32.1 Å². The third-order valence-corrected chi connectivity index (χ3v) is 3.44. The van der Waals surface area contributed by atoms with Crippen LogP contribution in [-0.4, -0.2) is 28.5 Å². The SMILES string of the molecule is COc1cc(Cl)nc(NC(=O)CC2(N)CCCC2)n1. The summed E-state index contributed by atoms with van der Waals surface area (Å²) in [4.78, 5) is 19.8. The summed E-state index contributed by atoms with van der Waals surface area (Å²) in [6.45, 7) is 0. The van der Waals surface area contributed by atoms with Crippen molar-refractivity contribution in [3.63, 3.8) is 0 Å². The first-order chi connectivity index (χ1) is 9.00. The molecule has 1 saturated carbocycles. The maximum absolute atomic E-state index is 11.9. The number of carbonyl (C=O) groups is 1. The van der Waals surface area contributed by atoms with Crippen molar-refractivity contribution in [1.82, 2.24) is 9.97 Å². The lowest BCUT2D eigenvalue weighted by molar-refractivity contribution is -0.117. The zero-order chi connectivity index (χ0) is 13.9. The van der Waals surface area contributed by atoms with Crippen LogP contribution in [-0.2, 0) is 4.79 Å². The lowest BCUT2D eigenvalue weighted by atomic mass is 9.94. The Balaban J connectivity index is 2.00. The first-order valence-electron chi connectivity index (χ1n) is 6.18. The zero-order valence-corrected chi connectivity index (χ0v) is 11.5. The number of methoxy groups -OCH3 is 1. The molecule has 1 amide bonds. The summed E-state index contributed by atoms with van der Waals surface area (Å²) in [6.07, 6.45) is 4.17. The lowest BCUT2D eigenvalue weighted by Gasteiger charge is -2.22. The molecule has 1 aliphatic rings. The molecule has 3 N–H and O–H groups in total. The zero-order valence-electron chi connectivity index (χ0n) is 10.8. The first-order valence-corrected chi connectivity index (χ1v) is 6.56. The van der Waals surface area contributed by atoms with Gasteiger partial charge in [0.25, 0.3) is 0 Å². The van der Waals surface area contributed by atoms with Crippen LogP contribution in [0.2, 0.25) is 5.15 Å². The van der Waals surface area contributed by atoms with Crippen LogP contribution in [0.3, 0.4) is 0 Å². The number of ether oxygens (including phenoxy) is 1. The van der Waals surface area contributed by atoms with Crippen LogP contribution in [0.4, 0.5) is 5.95 Å². The third kappa shape index (κ3) is 3.78.